The second kappa shape index (κ2) is 21.0. The Morgan fingerprint density at radius 3 is 1.08 bits per heavy atom. The lowest BCUT2D eigenvalue weighted by atomic mass is 9.74. The van der Waals surface area contributed by atoms with Crippen LogP contribution in [-0.4, -0.2) is 50.2 Å². The number of halogens is 4. The Kier molecular flexibility index (Phi) is 15.4. The summed E-state index contributed by atoms with van der Waals surface area (Å²) in [6.45, 7) is 4.79. The molecule has 6 nitrogen and oxygen atoms in total. The number of ether oxygens (including phenoxy) is 4. The number of rotatable bonds is 24. The maximum atomic E-state index is 15.4. The standard InChI is InChI=1S/C54H64F4O6/c1-3-5-7-9-11-13-35-61-45-27-23-41(24-28-45)39-15-19-43(20-16-39)49(59)63-37-47-51(53(47,55)56)31-33-52(34-32-51)48(54(52,57)58)38-64-50(60)44-21-17-40(18-22-44)42-25-29-46(30-26-42)62-36-14-12-10-8-6-4-2/h15-30,47-48H,3-14,31-38H2,1-2H3/t47-,48-,51?,52?/m1/s1. The molecular weight excluding hydrogens is 821 g/mol. The van der Waals surface area contributed by atoms with Crippen LogP contribution in [0.3, 0.4) is 0 Å². The highest BCUT2D eigenvalue weighted by atomic mass is 19.3. The van der Waals surface area contributed by atoms with Crippen LogP contribution in [0, 0.1) is 22.7 Å². The van der Waals surface area contributed by atoms with Gasteiger partial charge in [0, 0.05) is 10.8 Å². The molecular formula is C54H64F4O6. The Balaban J connectivity index is 0.829. The van der Waals surface area contributed by atoms with Crippen LogP contribution in [0.2, 0.25) is 0 Å². The molecule has 0 N–H and O–H groups in total. The third kappa shape index (κ3) is 10.5. The Bertz CT molecular complexity index is 1960. The number of hydrogen-bond donors (Lipinski definition) is 0. The summed E-state index contributed by atoms with van der Waals surface area (Å²) in [6, 6.07) is 29.0. The summed E-state index contributed by atoms with van der Waals surface area (Å²) in [5.41, 5.74) is 1.14. The fourth-order valence-corrected chi connectivity index (χ4v) is 9.93. The quantitative estimate of drug-likeness (QED) is 0.0397. The van der Waals surface area contributed by atoms with E-state index in [4.69, 9.17) is 18.9 Å². The van der Waals surface area contributed by atoms with Gasteiger partial charge in [-0.25, -0.2) is 27.2 Å². The number of hydrogen-bond acceptors (Lipinski definition) is 6. The molecule has 0 saturated heterocycles. The average Bonchev–Trinajstić information content (AvgIpc) is 3.99. The van der Waals surface area contributed by atoms with Crippen LogP contribution in [0.25, 0.3) is 22.3 Å². The summed E-state index contributed by atoms with van der Waals surface area (Å²) in [6.07, 6.45) is 13.9. The molecule has 0 amide bonds. The normalized spacial score (nSPS) is 22.5. The fourth-order valence-electron chi connectivity index (χ4n) is 9.93. The smallest absolute Gasteiger partial charge is 0.338 e. The van der Waals surface area contributed by atoms with Gasteiger partial charge in [0.15, 0.2) is 0 Å². The van der Waals surface area contributed by atoms with Crippen molar-refractivity contribution in [2.45, 2.75) is 128 Å². The molecule has 2 spiro atoms. The first-order chi connectivity index (χ1) is 31.0. The molecule has 3 aliphatic rings. The summed E-state index contributed by atoms with van der Waals surface area (Å²) in [5, 5.41) is 0. The van der Waals surface area contributed by atoms with Gasteiger partial charge in [-0.15, -0.1) is 0 Å². The predicted octanol–water partition coefficient (Wildman–Crippen LogP) is 14.6. The Morgan fingerprint density at radius 2 is 0.750 bits per heavy atom. The van der Waals surface area contributed by atoms with Crippen molar-refractivity contribution in [3.05, 3.63) is 108 Å². The lowest BCUT2D eigenvalue weighted by molar-refractivity contribution is 0.00275. The first-order valence-corrected chi connectivity index (χ1v) is 23.7. The van der Waals surface area contributed by atoms with Gasteiger partial charge in [-0.1, -0.05) is 127 Å². The van der Waals surface area contributed by atoms with E-state index < -0.39 is 59.7 Å². The highest BCUT2D eigenvalue weighted by Gasteiger charge is 2.87. The lowest BCUT2D eigenvalue weighted by Crippen LogP contribution is -2.26. The number of esters is 2. The van der Waals surface area contributed by atoms with E-state index in [-0.39, 0.29) is 36.8 Å². The largest absolute Gasteiger partial charge is 0.494 e. The Hall–Kier alpha value is -4.86. The first kappa shape index (κ1) is 47.1. The number of benzene rings is 4. The summed E-state index contributed by atoms with van der Waals surface area (Å²) < 4.78 is 84.2. The van der Waals surface area contributed by atoms with E-state index in [2.05, 4.69) is 13.8 Å². The second-order valence-corrected chi connectivity index (χ2v) is 18.3. The van der Waals surface area contributed by atoms with Crippen LogP contribution in [-0.2, 0) is 9.47 Å². The van der Waals surface area contributed by atoms with Crippen LogP contribution >= 0.6 is 0 Å². The van der Waals surface area contributed by atoms with Crippen LogP contribution in [0.15, 0.2) is 97.1 Å². The zero-order valence-corrected chi connectivity index (χ0v) is 37.5. The molecule has 3 aliphatic carbocycles. The van der Waals surface area contributed by atoms with Crippen molar-refractivity contribution in [3.63, 3.8) is 0 Å². The van der Waals surface area contributed by atoms with Crippen LogP contribution in [0.1, 0.15) is 137 Å². The van der Waals surface area contributed by atoms with Crippen molar-refractivity contribution in [1.82, 2.24) is 0 Å². The van der Waals surface area contributed by atoms with Crippen molar-refractivity contribution in [1.29, 1.82) is 0 Å². The fraction of sp³-hybridized carbons (Fsp3) is 0.519. The molecule has 0 radical (unpaired) electrons. The topological polar surface area (TPSA) is 71.1 Å². The number of carbonyl (C=O) groups excluding carboxylic acids is 2. The molecule has 64 heavy (non-hydrogen) atoms. The zero-order chi connectivity index (χ0) is 45.2. The maximum Gasteiger partial charge on any atom is 0.338 e. The van der Waals surface area contributed by atoms with E-state index in [1.54, 1.807) is 48.5 Å². The highest BCUT2D eigenvalue weighted by Crippen LogP contribution is 2.80. The van der Waals surface area contributed by atoms with E-state index >= 15 is 17.6 Å². The van der Waals surface area contributed by atoms with Crippen molar-refractivity contribution in [2.24, 2.45) is 22.7 Å². The summed E-state index contributed by atoms with van der Waals surface area (Å²) in [7, 11) is 0. The first-order valence-electron chi connectivity index (χ1n) is 23.7. The highest BCUT2D eigenvalue weighted by molar-refractivity contribution is 5.90. The van der Waals surface area contributed by atoms with Gasteiger partial charge in [-0.2, -0.15) is 0 Å². The van der Waals surface area contributed by atoms with E-state index in [9.17, 15) is 9.59 Å². The van der Waals surface area contributed by atoms with Crippen molar-refractivity contribution in [2.75, 3.05) is 26.4 Å². The zero-order valence-electron chi connectivity index (χ0n) is 37.5. The van der Waals surface area contributed by atoms with Gasteiger partial charge in [0.05, 0.1) is 36.2 Å². The number of unbranched alkanes of at least 4 members (excludes halogenated alkanes) is 10. The van der Waals surface area contributed by atoms with E-state index in [1.165, 1.54) is 51.4 Å². The van der Waals surface area contributed by atoms with E-state index in [0.29, 0.717) is 13.2 Å². The van der Waals surface area contributed by atoms with Crippen LogP contribution in [0.4, 0.5) is 17.6 Å². The third-order valence-electron chi connectivity index (χ3n) is 14.3. The maximum absolute atomic E-state index is 15.4. The van der Waals surface area contributed by atoms with E-state index in [1.807, 2.05) is 48.5 Å². The van der Waals surface area contributed by atoms with Gasteiger partial charge >= 0.3 is 11.9 Å². The van der Waals surface area contributed by atoms with Gasteiger partial charge in [0.1, 0.15) is 24.7 Å². The minimum absolute atomic E-state index is 0.118. The molecule has 7 rings (SSSR count). The SMILES string of the molecule is CCCCCCCCOc1ccc(-c2ccc(C(=O)OC[C@H]3C(F)(F)C34CCC3(CC4)[C@@H](COC(=O)c4ccc(-c5ccc(OCCCCCCCC)cc5)cc4)C3(F)F)cc2)cc1. The van der Waals surface area contributed by atoms with Crippen molar-refractivity contribution >= 4 is 11.9 Å². The average molecular weight is 885 g/mol. The van der Waals surface area contributed by atoms with Crippen molar-refractivity contribution in [3.8, 4) is 33.8 Å². The lowest BCUT2D eigenvalue weighted by Gasteiger charge is -2.30. The molecule has 3 fully saturated rings. The molecule has 2 atom stereocenters. The second-order valence-electron chi connectivity index (χ2n) is 18.3. The minimum Gasteiger partial charge on any atom is -0.494 e. The molecule has 0 unspecified atom stereocenters. The molecule has 0 heterocycles. The molecule has 0 bridgehead atoms. The number of alkyl halides is 4. The molecule has 344 valence electrons. The summed E-state index contributed by atoms with van der Waals surface area (Å²) in [5.74, 6) is -8.57. The predicted molar refractivity (Wildman–Crippen MR) is 242 cm³/mol. The summed E-state index contributed by atoms with van der Waals surface area (Å²) in [4.78, 5) is 25.9. The van der Waals surface area contributed by atoms with Crippen LogP contribution < -0.4 is 9.47 Å². The van der Waals surface area contributed by atoms with Gasteiger partial charge in [0.25, 0.3) is 11.8 Å². The Morgan fingerprint density at radius 1 is 0.453 bits per heavy atom. The van der Waals surface area contributed by atoms with Gasteiger partial charge < -0.3 is 18.9 Å². The molecule has 0 aliphatic heterocycles. The number of carbonyl (C=O) groups is 2. The molecule has 0 aromatic heterocycles. The molecule has 10 heteroatoms. The van der Waals surface area contributed by atoms with Crippen LogP contribution in [0.5, 0.6) is 11.5 Å². The minimum atomic E-state index is -3.13. The monoisotopic (exact) mass is 884 g/mol. The van der Waals surface area contributed by atoms with Gasteiger partial charge in [0.2, 0.25) is 0 Å². The van der Waals surface area contributed by atoms with E-state index in [0.717, 1.165) is 59.4 Å². The third-order valence-corrected chi connectivity index (χ3v) is 14.3. The van der Waals surface area contributed by atoms with Crippen molar-refractivity contribution < 1.29 is 46.1 Å². The molecule has 4 aromatic carbocycles. The van der Waals surface area contributed by atoms with Gasteiger partial charge in [-0.3, -0.25) is 0 Å². The molecule has 3 saturated carbocycles. The summed E-state index contributed by atoms with van der Waals surface area (Å²) >= 11 is 0. The molecule has 4 aromatic rings. The Labute approximate surface area is 376 Å². The van der Waals surface area contributed by atoms with Gasteiger partial charge in [-0.05, 0) is 109 Å².